The first-order valence-corrected chi connectivity index (χ1v) is 9.94. The van der Waals surface area contributed by atoms with Gasteiger partial charge in [-0.2, -0.15) is 0 Å². The summed E-state index contributed by atoms with van der Waals surface area (Å²) in [4.78, 5) is 12.2. The Labute approximate surface area is 163 Å². The van der Waals surface area contributed by atoms with Crippen LogP contribution in [0.5, 0.6) is 5.75 Å². The summed E-state index contributed by atoms with van der Waals surface area (Å²) in [6.07, 6.45) is 8.67. The number of esters is 1. The van der Waals surface area contributed by atoms with Crippen LogP contribution < -0.4 is 4.74 Å². The first-order valence-electron chi connectivity index (χ1n) is 9.94. The van der Waals surface area contributed by atoms with Crippen molar-refractivity contribution in [3.8, 4) is 5.75 Å². The van der Waals surface area contributed by atoms with Crippen LogP contribution in [0.3, 0.4) is 0 Å². The van der Waals surface area contributed by atoms with Gasteiger partial charge in [-0.15, -0.1) is 0 Å². The first-order chi connectivity index (χ1) is 13.5. The maximum atomic E-state index is 13.2. The van der Waals surface area contributed by atoms with Crippen molar-refractivity contribution in [3.05, 3.63) is 65.0 Å². The normalized spacial score (nSPS) is 19.4. The molecule has 1 aliphatic rings. The third-order valence-electron chi connectivity index (χ3n) is 5.60. The molecule has 0 heterocycles. The highest BCUT2D eigenvalue weighted by Gasteiger charge is 2.22. The van der Waals surface area contributed by atoms with E-state index < -0.39 is 23.4 Å². The number of ether oxygens (including phenoxy) is 1. The fourth-order valence-electron chi connectivity index (χ4n) is 3.93. The van der Waals surface area contributed by atoms with Gasteiger partial charge >= 0.3 is 5.97 Å². The monoisotopic (exact) mass is 390 g/mol. The zero-order chi connectivity index (χ0) is 20.1. The fourth-order valence-corrected chi connectivity index (χ4v) is 3.93. The molecule has 0 unspecified atom stereocenters. The van der Waals surface area contributed by atoms with Crippen LogP contribution in [-0.4, -0.2) is 5.97 Å². The molecule has 2 aromatic carbocycles. The van der Waals surface area contributed by atoms with Gasteiger partial charge in [0.1, 0.15) is 5.75 Å². The molecule has 0 spiro atoms. The van der Waals surface area contributed by atoms with E-state index in [1.807, 2.05) is 12.1 Å². The number of benzene rings is 2. The molecule has 0 radical (unpaired) electrons. The van der Waals surface area contributed by atoms with Gasteiger partial charge in [0.2, 0.25) is 0 Å². The van der Waals surface area contributed by atoms with Gasteiger partial charge in [-0.1, -0.05) is 38.3 Å². The van der Waals surface area contributed by atoms with E-state index in [1.165, 1.54) is 37.7 Å². The first kappa shape index (κ1) is 20.4. The molecule has 1 fully saturated rings. The SMILES string of the molecule is CCCCC1CCC(c2ccc(C(=O)Oc3cc(F)c(F)c(F)c3)cc2)CC1. The molecule has 150 valence electrons. The van der Waals surface area contributed by atoms with Crippen molar-refractivity contribution in [2.24, 2.45) is 5.92 Å². The van der Waals surface area contributed by atoms with Crippen molar-refractivity contribution < 1.29 is 22.7 Å². The van der Waals surface area contributed by atoms with Crippen molar-refractivity contribution in [3.63, 3.8) is 0 Å². The molecule has 3 rings (SSSR count). The van der Waals surface area contributed by atoms with E-state index >= 15 is 0 Å². The van der Waals surface area contributed by atoms with Gasteiger partial charge < -0.3 is 4.74 Å². The van der Waals surface area contributed by atoms with Crippen molar-refractivity contribution >= 4 is 5.97 Å². The molecular formula is C23H25F3O2. The van der Waals surface area contributed by atoms with Crippen LogP contribution in [0.15, 0.2) is 36.4 Å². The van der Waals surface area contributed by atoms with Crippen LogP contribution >= 0.6 is 0 Å². The van der Waals surface area contributed by atoms with E-state index in [-0.39, 0.29) is 11.3 Å². The fraction of sp³-hybridized carbons (Fsp3) is 0.435. The lowest BCUT2D eigenvalue weighted by Crippen LogP contribution is -2.14. The summed E-state index contributed by atoms with van der Waals surface area (Å²) in [5, 5.41) is 0. The van der Waals surface area contributed by atoms with Gasteiger partial charge in [-0.25, -0.2) is 18.0 Å². The number of carbonyl (C=O) groups is 1. The van der Waals surface area contributed by atoms with Gasteiger partial charge in [0.05, 0.1) is 5.56 Å². The third kappa shape index (κ3) is 4.94. The summed E-state index contributed by atoms with van der Waals surface area (Å²) in [5.74, 6) is -4.14. The average molecular weight is 390 g/mol. The van der Waals surface area contributed by atoms with Crippen molar-refractivity contribution in [1.29, 1.82) is 0 Å². The largest absolute Gasteiger partial charge is 0.423 e. The second kappa shape index (κ2) is 9.26. The van der Waals surface area contributed by atoms with Crippen LogP contribution in [0.4, 0.5) is 13.2 Å². The van der Waals surface area contributed by atoms with E-state index in [2.05, 4.69) is 6.92 Å². The van der Waals surface area contributed by atoms with E-state index in [0.29, 0.717) is 18.1 Å². The molecule has 0 aliphatic heterocycles. The van der Waals surface area contributed by atoms with E-state index in [9.17, 15) is 18.0 Å². The van der Waals surface area contributed by atoms with Gasteiger partial charge in [0.15, 0.2) is 17.5 Å². The van der Waals surface area contributed by atoms with Crippen molar-refractivity contribution in [2.75, 3.05) is 0 Å². The molecule has 1 saturated carbocycles. The molecular weight excluding hydrogens is 365 g/mol. The van der Waals surface area contributed by atoms with Crippen LogP contribution in [0.1, 0.15) is 73.7 Å². The topological polar surface area (TPSA) is 26.3 Å². The summed E-state index contributed by atoms with van der Waals surface area (Å²) < 4.78 is 44.4. The zero-order valence-corrected chi connectivity index (χ0v) is 16.0. The molecule has 28 heavy (non-hydrogen) atoms. The highest BCUT2D eigenvalue weighted by atomic mass is 19.2. The van der Waals surface area contributed by atoms with Gasteiger partial charge in [0.25, 0.3) is 0 Å². The van der Waals surface area contributed by atoms with E-state index in [0.717, 1.165) is 18.8 Å². The van der Waals surface area contributed by atoms with Crippen molar-refractivity contribution in [2.45, 2.75) is 57.8 Å². The Bertz CT molecular complexity index is 786. The molecule has 0 N–H and O–H groups in total. The summed E-state index contributed by atoms with van der Waals surface area (Å²) in [5.41, 5.74) is 1.48. The average Bonchev–Trinajstić information content (AvgIpc) is 2.71. The third-order valence-corrected chi connectivity index (χ3v) is 5.60. The minimum atomic E-state index is -1.59. The molecule has 5 heteroatoms. The highest BCUT2D eigenvalue weighted by Crippen LogP contribution is 2.37. The number of rotatable bonds is 6. The number of unbranched alkanes of at least 4 members (excludes halogenated alkanes) is 1. The molecule has 1 aliphatic carbocycles. The quantitative estimate of drug-likeness (QED) is 0.308. The van der Waals surface area contributed by atoms with Crippen LogP contribution in [0.2, 0.25) is 0 Å². The molecule has 0 atom stereocenters. The van der Waals surface area contributed by atoms with Crippen LogP contribution in [0, 0.1) is 23.4 Å². The second-order valence-electron chi connectivity index (χ2n) is 7.57. The lowest BCUT2D eigenvalue weighted by molar-refractivity contribution is 0.0733. The lowest BCUT2D eigenvalue weighted by Gasteiger charge is -2.28. The maximum absolute atomic E-state index is 13.2. The number of hydrogen-bond donors (Lipinski definition) is 0. The minimum Gasteiger partial charge on any atom is -0.423 e. The van der Waals surface area contributed by atoms with Crippen LogP contribution in [0.25, 0.3) is 0 Å². The molecule has 0 aromatic heterocycles. The number of halogens is 3. The summed E-state index contributed by atoms with van der Waals surface area (Å²) >= 11 is 0. The summed E-state index contributed by atoms with van der Waals surface area (Å²) in [6, 6.07) is 8.47. The molecule has 0 amide bonds. The standard InChI is InChI=1S/C23H25F3O2/c1-2-3-4-15-5-7-16(8-6-15)17-9-11-18(12-10-17)23(27)28-19-13-20(24)22(26)21(25)14-19/h9-16H,2-8H2,1H3. The number of carbonyl (C=O) groups excluding carboxylic acids is 1. The van der Waals surface area contributed by atoms with Gasteiger partial charge in [-0.05, 0) is 55.2 Å². The Hall–Kier alpha value is -2.30. The maximum Gasteiger partial charge on any atom is 0.343 e. The predicted molar refractivity (Wildman–Crippen MR) is 102 cm³/mol. The summed E-state index contributed by atoms with van der Waals surface area (Å²) in [6.45, 7) is 2.22. The molecule has 2 aromatic rings. The predicted octanol–water partition coefficient (Wildman–Crippen LogP) is 6.79. The number of hydrogen-bond acceptors (Lipinski definition) is 2. The zero-order valence-electron chi connectivity index (χ0n) is 16.0. The Morgan fingerprint density at radius 1 is 1.00 bits per heavy atom. The Kier molecular flexibility index (Phi) is 6.76. The Balaban J connectivity index is 1.59. The van der Waals surface area contributed by atoms with Crippen molar-refractivity contribution in [1.82, 2.24) is 0 Å². The Morgan fingerprint density at radius 2 is 1.61 bits per heavy atom. The molecule has 2 nitrogen and oxygen atoms in total. The minimum absolute atomic E-state index is 0.283. The van der Waals surface area contributed by atoms with Gasteiger partial charge in [0, 0.05) is 12.1 Å². The van der Waals surface area contributed by atoms with Crippen LogP contribution in [-0.2, 0) is 0 Å². The second-order valence-corrected chi connectivity index (χ2v) is 7.57. The lowest BCUT2D eigenvalue weighted by atomic mass is 9.77. The molecule has 0 saturated heterocycles. The van der Waals surface area contributed by atoms with Gasteiger partial charge in [-0.3, -0.25) is 0 Å². The Morgan fingerprint density at radius 3 is 2.18 bits per heavy atom. The summed E-state index contributed by atoms with van der Waals surface area (Å²) in [7, 11) is 0. The van der Waals surface area contributed by atoms with E-state index in [4.69, 9.17) is 4.74 Å². The highest BCUT2D eigenvalue weighted by molar-refractivity contribution is 5.91. The molecule has 0 bridgehead atoms. The smallest absolute Gasteiger partial charge is 0.343 e. The van der Waals surface area contributed by atoms with E-state index in [1.54, 1.807) is 12.1 Å².